The number of hydrogen-bond acceptors (Lipinski definition) is 9. The predicted octanol–water partition coefficient (Wildman–Crippen LogP) is 3.57. The summed E-state index contributed by atoms with van der Waals surface area (Å²) in [5, 5.41) is 5.60. The number of aromatic amines is 1. The van der Waals surface area contributed by atoms with E-state index in [1.54, 1.807) is 6.92 Å². The van der Waals surface area contributed by atoms with Crippen LogP contribution in [-0.4, -0.2) is 44.2 Å². The Kier molecular flexibility index (Phi) is 6.14. The number of anilines is 2. The second kappa shape index (κ2) is 9.14. The number of nitrogen functional groups attached to an aromatic ring is 1. The fraction of sp³-hybridized carbons (Fsp3) is 0.150. The number of carbonyl (C=O) groups excluding carboxylic acids is 2. The van der Waals surface area contributed by atoms with Crippen molar-refractivity contribution in [3.8, 4) is 11.1 Å². The smallest absolute Gasteiger partial charge is 0.341 e. The Morgan fingerprint density at radius 3 is 2.81 bits per heavy atom. The lowest BCUT2D eigenvalue weighted by atomic mass is 10.0. The average Bonchev–Trinajstić information content (AvgIpc) is 3.38. The van der Waals surface area contributed by atoms with E-state index in [9.17, 15) is 9.59 Å². The Hall–Kier alpha value is -3.44. The normalized spacial score (nSPS) is 10.9. The van der Waals surface area contributed by atoms with E-state index in [0.717, 1.165) is 11.1 Å². The molecular formula is C20H18N6O3S2. The van der Waals surface area contributed by atoms with E-state index < -0.39 is 5.97 Å². The number of nitrogens with one attached hydrogen (secondary N) is 2. The molecule has 3 heterocycles. The lowest BCUT2D eigenvalue weighted by Crippen LogP contribution is -2.16. The van der Waals surface area contributed by atoms with E-state index in [1.165, 1.54) is 29.4 Å². The highest BCUT2D eigenvalue weighted by Crippen LogP contribution is 2.36. The summed E-state index contributed by atoms with van der Waals surface area (Å²) in [4.78, 5) is 40.4. The van der Waals surface area contributed by atoms with Gasteiger partial charge in [-0.1, -0.05) is 42.1 Å². The summed E-state index contributed by atoms with van der Waals surface area (Å²) in [5.74, 6) is -0.387. The summed E-state index contributed by atoms with van der Waals surface area (Å²) in [6.07, 6.45) is 1.33. The molecule has 158 valence electrons. The van der Waals surface area contributed by atoms with Gasteiger partial charge in [-0.25, -0.2) is 19.7 Å². The first-order valence-corrected chi connectivity index (χ1v) is 11.2. The molecule has 0 radical (unpaired) electrons. The van der Waals surface area contributed by atoms with E-state index in [-0.39, 0.29) is 18.3 Å². The number of hydrogen-bond donors (Lipinski definition) is 3. The number of nitrogens with zero attached hydrogens (tertiary/aromatic N) is 3. The van der Waals surface area contributed by atoms with Crippen LogP contribution in [-0.2, 0) is 9.53 Å². The largest absolute Gasteiger partial charge is 0.462 e. The number of amides is 1. The second-order valence-corrected chi connectivity index (χ2v) is 8.12. The van der Waals surface area contributed by atoms with Gasteiger partial charge in [0.1, 0.15) is 22.4 Å². The van der Waals surface area contributed by atoms with Crippen molar-refractivity contribution in [3.63, 3.8) is 0 Å². The molecule has 0 spiro atoms. The Labute approximate surface area is 185 Å². The molecule has 3 aromatic heterocycles. The van der Waals surface area contributed by atoms with Crippen LogP contribution in [0.4, 0.5) is 10.8 Å². The molecule has 1 amide bonds. The fourth-order valence-corrected chi connectivity index (χ4v) is 4.51. The third kappa shape index (κ3) is 4.52. The molecule has 9 nitrogen and oxygen atoms in total. The average molecular weight is 455 g/mol. The molecule has 0 aliphatic carbocycles. The molecule has 0 aliphatic rings. The van der Waals surface area contributed by atoms with Gasteiger partial charge >= 0.3 is 5.97 Å². The van der Waals surface area contributed by atoms with Crippen molar-refractivity contribution in [2.24, 2.45) is 0 Å². The molecule has 0 saturated carbocycles. The molecule has 1 aromatic carbocycles. The van der Waals surface area contributed by atoms with Crippen LogP contribution in [0.2, 0.25) is 0 Å². The summed E-state index contributed by atoms with van der Waals surface area (Å²) in [6.45, 7) is 1.98. The SMILES string of the molecule is CCOC(=O)c1c(-c2ccccc2)csc1NC(=O)CSc1nc2ncnc(N)c2[nH]1. The van der Waals surface area contributed by atoms with Gasteiger partial charge in [0.05, 0.1) is 12.4 Å². The molecule has 0 fully saturated rings. The van der Waals surface area contributed by atoms with Gasteiger partial charge in [-0.05, 0) is 12.5 Å². The van der Waals surface area contributed by atoms with Gasteiger partial charge in [-0.2, -0.15) is 0 Å². The minimum Gasteiger partial charge on any atom is -0.462 e. The van der Waals surface area contributed by atoms with Crippen LogP contribution in [0.5, 0.6) is 0 Å². The quantitative estimate of drug-likeness (QED) is 0.285. The molecule has 0 aliphatic heterocycles. The number of thiophene rings is 1. The summed E-state index contributed by atoms with van der Waals surface area (Å²) in [5.41, 5.74) is 8.70. The van der Waals surface area contributed by atoms with E-state index in [1.807, 2.05) is 35.7 Å². The van der Waals surface area contributed by atoms with Gasteiger partial charge in [0.15, 0.2) is 16.6 Å². The predicted molar refractivity (Wildman–Crippen MR) is 121 cm³/mol. The Balaban J connectivity index is 1.51. The van der Waals surface area contributed by atoms with E-state index in [2.05, 4.69) is 25.3 Å². The molecular weight excluding hydrogens is 436 g/mol. The molecule has 31 heavy (non-hydrogen) atoms. The van der Waals surface area contributed by atoms with Crippen molar-refractivity contribution in [2.75, 3.05) is 23.4 Å². The van der Waals surface area contributed by atoms with Crippen molar-refractivity contribution < 1.29 is 14.3 Å². The number of esters is 1. The van der Waals surface area contributed by atoms with Crippen molar-refractivity contribution in [1.82, 2.24) is 19.9 Å². The number of fused-ring (bicyclic) bond motifs is 1. The van der Waals surface area contributed by atoms with Crippen LogP contribution in [0.3, 0.4) is 0 Å². The van der Waals surface area contributed by atoms with Crippen molar-refractivity contribution in [3.05, 3.63) is 47.6 Å². The number of rotatable bonds is 7. The Morgan fingerprint density at radius 1 is 1.26 bits per heavy atom. The maximum Gasteiger partial charge on any atom is 0.341 e. The van der Waals surface area contributed by atoms with Crippen molar-refractivity contribution in [2.45, 2.75) is 12.1 Å². The lowest BCUT2D eigenvalue weighted by molar-refractivity contribution is -0.113. The van der Waals surface area contributed by atoms with E-state index >= 15 is 0 Å². The van der Waals surface area contributed by atoms with Crippen LogP contribution in [0.1, 0.15) is 17.3 Å². The monoisotopic (exact) mass is 454 g/mol. The highest BCUT2D eigenvalue weighted by Gasteiger charge is 2.23. The lowest BCUT2D eigenvalue weighted by Gasteiger charge is -2.08. The number of benzene rings is 1. The van der Waals surface area contributed by atoms with Crippen LogP contribution < -0.4 is 11.1 Å². The maximum atomic E-state index is 12.6. The van der Waals surface area contributed by atoms with Gasteiger partial charge in [-0.3, -0.25) is 4.79 Å². The van der Waals surface area contributed by atoms with Gasteiger partial charge in [0.25, 0.3) is 0 Å². The number of nitrogens with two attached hydrogens (primary N) is 1. The van der Waals surface area contributed by atoms with Crippen molar-refractivity contribution >= 4 is 57.0 Å². The first-order valence-electron chi connectivity index (χ1n) is 9.29. The molecule has 0 bridgehead atoms. The van der Waals surface area contributed by atoms with Crippen LogP contribution in [0.15, 0.2) is 47.2 Å². The zero-order valence-corrected chi connectivity index (χ0v) is 18.0. The minimum atomic E-state index is -0.475. The Bertz CT molecular complexity index is 1240. The van der Waals surface area contributed by atoms with Crippen LogP contribution in [0, 0.1) is 0 Å². The van der Waals surface area contributed by atoms with Gasteiger partial charge in [-0.15, -0.1) is 11.3 Å². The fourth-order valence-electron chi connectivity index (χ4n) is 2.88. The molecule has 4 N–H and O–H groups in total. The highest BCUT2D eigenvalue weighted by molar-refractivity contribution is 7.99. The molecule has 0 atom stereocenters. The van der Waals surface area contributed by atoms with E-state index in [4.69, 9.17) is 10.5 Å². The van der Waals surface area contributed by atoms with Gasteiger partial charge in [0, 0.05) is 10.9 Å². The maximum absolute atomic E-state index is 12.6. The molecule has 11 heteroatoms. The summed E-state index contributed by atoms with van der Waals surface area (Å²) in [6, 6.07) is 9.49. The van der Waals surface area contributed by atoms with Crippen molar-refractivity contribution in [1.29, 1.82) is 0 Å². The molecule has 4 rings (SSSR count). The number of aromatic nitrogens is 4. The zero-order chi connectivity index (χ0) is 21.8. The molecule has 4 aromatic rings. The minimum absolute atomic E-state index is 0.0774. The number of H-pyrrole nitrogens is 1. The summed E-state index contributed by atoms with van der Waals surface area (Å²) < 4.78 is 5.22. The zero-order valence-electron chi connectivity index (χ0n) is 16.4. The molecule has 0 unspecified atom stereocenters. The standard InChI is InChI=1S/C20H18N6O3S2/c1-2-29-19(28)14-12(11-6-4-3-5-7-11)8-30-18(14)24-13(27)9-31-20-25-15-16(21)22-10-23-17(15)26-20/h3-8,10H,2,9H2,1H3,(H,24,27)(H3,21,22,23,25,26). The second-order valence-electron chi connectivity index (χ2n) is 6.28. The van der Waals surface area contributed by atoms with Gasteiger partial charge in [0.2, 0.25) is 5.91 Å². The third-order valence-electron chi connectivity index (χ3n) is 4.24. The first-order chi connectivity index (χ1) is 15.1. The van der Waals surface area contributed by atoms with Crippen LogP contribution >= 0.6 is 23.1 Å². The summed E-state index contributed by atoms with van der Waals surface area (Å²) in [7, 11) is 0. The number of ether oxygens (including phenoxy) is 1. The number of imidazole rings is 1. The van der Waals surface area contributed by atoms with Gasteiger partial charge < -0.3 is 20.8 Å². The number of carbonyl (C=O) groups is 2. The number of thioether (sulfide) groups is 1. The summed E-state index contributed by atoms with van der Waals surface area (Å²) >= 11 is 2.48. The topological polar surface area (TPSA) is 136 Å². The van der Waals surface area contributed by atoms with E-state index in [0.29, 0.717) is 32.7 Å². The first kappa shape index (κ1) is 20.8. The third-order valence-corrected chi connectivity index (χ3v) is 6.01. The highest BCUT2D eigenvalue weighted by atomic mass is 32.2. The molecule has 0 saturated heterocycles. The van der Waals surface area contributed by atoms with Crippen LogP contribution in [0.25, 0.3) is 22.3 Å². The Morgan fingerprint density at radius 2 is 2.06 bits per heavy atom.